The number of ether oxygens (including phenoxy) is 1. The summed E-state index contributed by atoms with van der Waals surface area (Å²) in [7, 11) is 0. The van der Waals surface area contributed by atoms with Crippen LogP contribution in [-0.4, -0.2) is 30.7 Å². The summed E-state index contributed by atoms with van der Waals surface area (Å²) in [5.74, 6) is 0. The van der Waals surface area contributed by atoms with Gasteiger partial charge in [0, 0.05) is 31.9 Å². The van der Waals surface area contributed by atoms with Gasteiger partial charge in [0.2, 0.25) is 0 Å². The Bertz CT molecular complexity index is 384. The number of benzene rings is 1. The normalized spacial score (nSPS) is 18.1. The number of hydrogen-bond donors (Lipinski definition) is 1. The first kappa shape index (κ1) is 13.4. The first-order valence-corrected chi connectivity index (χ1v) is 6.88. The van der Waals surface area contributed by atoms with E-state index >= 15 is 0 Å². The van der Waals surface area contributed by atoms with Gasteiger partial charge in [-0.1, -0.05) is 12.1 Å². The van der Waals surface area contributed by atoms with Gasteiger partial charge in [-0.25, -0.2) is 0 Å². The lowest BCUT2D eigenvalue weighted by atomic mass is 10.0. The fourth-order valence-corrected chi connectivity index (χ4v) is 2.59. The van der Waals surface area contributed by atoms with Crippen molar-refractivity contribution >= 4 is 5.69 Å². The number of nitrogens with zero attached hydrogens (tertiary/aromatic N) is 1. The maximum Gasteiger partial charge on any atom is 0.0599 e. The zero-order chi connectivity index (χ0) is 13.0. The minimum absolute atomic E-state index is 0.466. The number of likely N-dealkylation sites (tertiary alicyclic amines) is 1. The predicted octanol–water partition coefficient (Wildman–Crippen LogP) is 2.58. The molecule has 18 heavy (non-hydrogen) atoms. The van der Waals surface area contributed by atoms with Gasteiger partial charge in [-0.15, -0.1) is 0 Å². The molecule has 1 aliphatic rings. The van der Waals surface area contributed by atoms with Crippen molar-refractivity contribution in [1.82, 2.24) is 4.90 Å². The quantitative estimate of drug-likeness (QED) is 0.832. The van der Waals surface area contributed by atoms with Crippen molar-refractivity contribution in [2.75, 3.05) is 25.4 Å². The number of hydrogen-bond acceptors (Lipinski definition) is 3. The molecule has 1 aliphatic heterocycles. The summed E-state index contributed by atoms with van der Waals surface area (Å²) in [4.78, 5) is 2.50. The maximum atomic E-state index is 5.95. The van der Waals surface area contributed by atoms with Crippen LogP contribution >= 0.6 is 0 Å². The van der Waals surface area contributed by atoms with Crippen LogP contribution in [0.5, 0.6) is 0 Å². The Morgan fingerprint density at radius 1 is 1.33 bits per heavy atom. The molecule has 3 nitrogen and oxygen atoms in total. The Labute approximate surface area is 110 Å². The van der Waals surface area contributed by atoms with Crippen LogP contribution < -0.4 is 5.73 Å². The van der Waals surface area contributed by atoms with E-state index < -0.39 is 0 Å². The molecule has 1 aromatic carbocycles. The lowest BCUT2D eigenvalue weighted by Crippen LogP contribution is -2.36. The SMILES string of the molecule is CCOC1CCN(Cc2cccc(N)c2C)CC1. The molecule has 1 heterocycles. The lowest BCUT2D eigenvalue weighted by Gasteiger charge is -2.32. The Balaban J connectivity index is 1.90. The van der Waals surface area contributed by atoms with Crippen molar-refractivity contribution in [1.29, 1.82) is 0 Å². The van der Waals surface area contributed by atoms with Crippen LogP contribution in [0.15, 0.2) is 18.2 Å². The van der Waals surface area contributed by atoms with E-state index in [0.717, 1.165) is 44.8 Å². The average Bonchev–Trinajstić information content (AvgIpc) is 2.38. The minimum atomic E-state index is 0.466. The average molecular weight is 248 g/mol. The molecule has 2 rings (SSSR count). The van der Waals surface area contributed by atoms with E-state index in [0.29, 0.717) is 6.10 Å². The monoisotopic (exact) mass is 248 g/mol. The van der Waals surface area contributed by atoms with Gasteiger partial charge in [-0.05, 0) is 43.9 Å². The van der Waals surface area contributed by atoms with Crippen LogP contribution in [0.4, 0.5) is 5.69 Å². The Morgan fingerprint density at radius 3 is 2.72 bits per heavy atom. The van der Waals surface area contributed by atoms with Crippen LogP contribution in [0.3, 0.4) is 0 Å². The van der Waals surface area contributed by atoms with Crippen molar-refractivity contribution in [3.63, 3.8) is 0 Å². The molecular formula is C15H24N2O. The Kier molecular flexibility index (Phi) is 4.61. The third-order valence-corrected chi connectivity index (χ3v) is 3.82. The van der Waals surface area contributed by atoms with Gasteiger partial charge in [0.1, 0.15) is 0 Å². The molecule has 0 aromatic heterocycles. The molecule has 2 N–H and O–H groups in total. The third kappa shape index (κ3) is 3.24. The van der Waals surface area contributed by atoms with Gasteiger partial charge < -0.3 is 10.5 Å². The van der Waals surface area contributed by atoms with E-state index in [1.807, 2.05) is 12.1 Å². The van der Waals surface area contributed by atoms with E-state index in [9.17, 15) is 0 Å². The first-order valence-electron chi connectivity index (χ1n) is 6.88. The zero-order valence-corrected chi connectivity index (χ0v) is 11.5. The topological polar surface area (TPSA) is 38.5 Å². The molecule has 1 fully saturated rings. The minimum Gasteiger partial charge on any atom is -0.399 e. The second-order valence-electron chi connectivity index (χ2n) is 5.06. The molecule has 0 saturated carbocycles. The van der Waals surface area contributed by atoms with Gasteiger partial charge in [-0.3, -0.25) is 4.90 Å². The Morgan fingerprint density at radius 2 is 2.06 bits per heavy atom. The number of piperidine rings is 1. The van der Waals surface area contributed by atoms with Gasteiger partial charge in [0.15, 0.2) is 0 Å². The van der Waals surface area contributed by atoms with Gasteiger partial charge in [0.05, 0.1) is 6.10 Å². The molecule has 100 valence electrons. The highest BCUT2D eigenvalue weighted by molar-refractivity contribution is 5.49. The summed E-state index contributed by atoms with van der Waals surface area (Å²) in [6.45, 7) is 8.27. The summed E-state index contributed by atoms with van der Waals surface area (Å²) in [5, 5.41) is 0. The maximum absolute atomic E-state index is 5.95. The molecule has 0 aliphatic carbocycles. The highest BCUT2D eigenvalue weighted by Crippen LogP contribution is 2.20. The standard InChI is InChI=1S/C15H24N2O/c1-3-18-14-7-9-17(10-8-14)11-13-5-4-6-15(16)12(13)2/h4-6,14H,3,7-11,16H2,1-2H3. The van der Waals surface area contributed by atoms with E-state index in [2.05, 4.69) is 24.8 Å². The number of rotatable bonds is 4. The molecule has 0 amide bonds. The van der Waals surface area contributed by atoms with Crippen molar-refractivity contribution in [3.8, 4) is 0 Å². The van der Waals surface area contributed by atoms with Crippen LogP contribution in [0.25, 0.3) is 0 Å². The summed E-state index contributed by atoms with van der Waals surface area (Å²) in [6, 6.07) is 6.20. The first-order chi connectivity index (χ1) is 8.70. The highest BCUT2D eigenvalue weighted by Gasteiger charge is 2.19. The number of anilines is 1. The van der Waals surface area contributed by atoms with Crippen LogP contribution in [-0.2, 0) is 11.3 Å². The van der Waals surface area contributed by atoms with E-state index in [4.69, 9.17) is 10.5 Å². The van der Waals surface area contributed by atoms with Crippen molar-refractivity contribution < 1.29 is 4.74 Å². The second-order valence-corrected chi connectivity index (χ2v) is 5.06. The van der Waals surface area contributed by atoms with E-state index in [1.165, 1.54) is 11.1 Å². The molecule has 1 aromatic rings. The molecular weight excluding hydrogens is 224 g/mol. The molecule has 0 spiro atoms. The van der Waals surface area contributed by atoms with Crippen LogP contribution in [0.1, 0.15) is 30.9 Å². The van der Waals surface area contributed by atoms with E-state index in [1.54, 1.807) is 0 Å². The summed E-state index contributed by atoms with van der Waals surface area (Å²) >= 11 is 0. The second kappa shape index (κ2) is 6.21. The number of nitrogen functional groups attached to an aromatic ring is 1. The molecule has 0 unspecified atom stereocenters. The van der Waals surface area contributed by atoms with Gasteiger partial charge in [-0.2, -0.15) is 0 Å². The molecule has 0 radical (unpaired) electrons. The Hall–Kier alpha value is -1.06. The smallest absolute Gasteiger partial charge is 0.0599 e. The van der Waals surface area contributed by atoms with Gasteiger partial charge in [0.25, 0.3) is 0 Å². The highest BCUT2D eigenvalue weighted by atomic mass is 16.5. The zero-order valence-electron chi connectivity index (χ0n) is 11.5. The van der Waals surface area contributed by atoms with Crippen LogP contribution in [0.2, 0.25) is 0 Å². The lowest BCUT2D eigenvalue weighted by molar-refractivity contribution is 0.0125. The fourth-order valence-electron chi connectivity index (χ4n) is 2.59. The van der Waals surface area contributed by atoms with E-state index in [-0.39, 0.29) is 0 Å². The molecule has 0 bridgehead atoms. The van der Waals surface area contributed by atoms with Gasteiger partial charge >= 0.3 is 0 Å². The molecule has 3 heteroatoms. The molecule has 1 saturated heterocycles. The predicted molar refractivity (Wildman–Crippen MR) is 75.5 cm³/mol. The van der Waals surface area contributed by atoms with Crippen LogP contribution in [0, 0.1) is 6.92 Å². The summed E-state index contributed by atoms with van der Waals surface area (Å²) < 4.78 is 5.68. The van der Waals surface area contributed by atoms with Crippen molar-refractivity contribution in [2.45, 2.75) is 39.3 Å². The van der Waals surface area contributed by atoms with Crippen molar-refractivity contribution in [2.24, 2.45) is 0 Å². The summed E-state index contributed by atoms with van der Waals surface area (Å²) in [5.41, 5.74) is 9.43. The summed E-state index contributed by atoms with van der Waals surface area (Å²) in [6.07, 6.45) is 2.76. The fraction of sp³-hybridized carbons (Fsp3) is 0.600. The largest absolute Gasteiger partial charge is 0.399 e. The number of nitrogens with two attached hydrogens (primary N) is 1. The third-order valence-electron chi connectivity index (χ3n) is 3.82. The van der Waals surface area contributed by atoms with Crippen molar-refractivity contribution in [3.05, 3.63) is 29.3 Å². The molecule has 0 atom stereocenters.